The summed E-state index contributed by atoms with van der Waals surface area (Å²) in [7, 11) is 3.02. The number of hydrogen-bond donors (Lipinski definition) is 0. The summed E-state index contributed by atoms with van der Waals surface area (Å²) in [4.78, 5) is 26.1. The van der Waals surface area contributed by atoms with Crippen LogP contribution in [-0.2, 0) is 4.79 Å². The molecule has 6 heteroatoms. The van der Waals surface area contributed by atoms with Gasteiger partial charge in [-0.15, -0.1) is 0 Å². The summed E-state index contributed by atoms with van der Waals surface area (Å²) < 4.78 is 16.2. The van der Waals surface area contributed by atoms with E-state index in [1.165, 1.54) is 14.0 Å². The summed E-state index contributed by atoms with van der Waals surface area (Å²) in [5.41, 5.74) is 0.862. The molecule has 0 radical (unpaired) electrons. The van der Waals surface area contributed by atoms with Crippen molar-refractivity contribution < 1.29 is 23.5 Å². The number of furan rings is 1. The van der Waals surface area contributed by atoms with Gasteiger partial charge in [0.1, 0.15) is 17.1 Å². The summed E-state index contributed by atoms with van der Waals surface area (Å²) in [6, 6.07) is 13.6. The van der Waals surface area contributed by atoms with E-state index in [9.17, 15) is 9.59 Å². The zero-order valence-corrected chi connectivity index (χ0v) is 14.1. The summed E-state index contributed by atoms with van der Waals surface area (Å²) in [6.45, 7) is 1.31. The van der Waals surface area contributed by atoms with Gasteiger partial charge in [0.2, 0.25) is 5.91 Å². The van der Waals surface area contributed by atoms with Crippen molar-refractivity contribution in [2.45, 2.75) is 6.92 Å². The van der Waals surface area contributed by atoms with Crippen molar-refractivity contribution in [2.24, 2.45) is 0 Å². The number of methoxy groups -OCH3 is 2. The Morgan fingerprint density at radius 1 is 0.960 bits per heavy atom. The first-order valence-corrected chi connectivity index (χ1v) is 7.61. The highest BCUT2D eigenvalue weighted by Gasteiger charge is 2.27. The molecule has 0 atom stereocenters. The number of hydrogen-bond acceptors (Lipinski definition) is 5. The average Bonchev–Trinajstić information content (AvgIpc) is 3.06. The van der Waals surface area contributed by atoms with Crippen LogP contribution in [0.25, 0.3) is 11.0 Å². The van der Waals surface area contributed by atoms with Crippen LogP contribution in [0.2, 0.25) is 0 Å². The van der Waals surface area contributed by atoms with Crippen molar-refractivity contribution in [2.75, 3.05) is 19.1 Å². The number of para-hydroxylation sites is 2. The van der Waals surface area contributed by atoms with Gasteiger partial charge in [-0.1, -0.05) is 18.2 Å². The SMILES string of the molecule is COc1ccccc1N(C(C)=O)C(=O)c1cc2c(OC)cccc2o1. The van der Waals surface area contributed by atoms with Gasteiger partial charge in [0.15, 0.2) is 5.76 Å². The van der Waals surface area contributed by atoms with E-state index in [0.717, 1.165) is 4.90 Å². The lowest BCUT2D eigenvalue weighted by atomic mass is 10.2. The van der Waals surface area contributed by atoms with Crippen molar-refractivity contribution >= 4 is 28.5 Å². The third-order valence-corrected chi connectivity index (χ3v) is 3.80. The number of imide groups is 1. The molecule has 3 rings (SSSR count). The largest absolute Gasteiger partial charge is 0.496 e. The summed E-state index contributed by atoms with van der Waals surface area (Å²) in [6.07, 6.45) is 0. The van der Waals surface area contributed by atoms with E-state index in [1.54, 1.807) is 55.6 Å². The first kappa shape index (κ1) is 16.6. The van der Waals surface area contributed by atoms with Crippen LogP contribution in [0.5, 0.6) is 11.5 Å². The molecule has 0 aliphatic heterocycles. The summed E-state index contributed by atoms with van der Waals surface area (Å²) >= 11 is 0. The van der Waals surface area contributed by atoms with E-state index >= 15 is 0 Å². The van der Waals surface area contributed by atoms with E-state index in [2.05, 4.69) is 0 Å². The third-order valence-electron chi connectivity index (χ3n) is 3.80. The molecule has 0 spiro atoms. The number of ether oxygens (including phenoxy) is 2. The smallest absolute Gasteiger partial charge is 0.300 e. The number of fused-ring (bicyclic) bond motifs is 1. The normalized spacial score (nSPS) is 10.5. The first-order valence-electron chi connectivity index (χ1n) is 7.61. The Hall–Kier alpha value is -3.28. The molecule has 128 valence electrons. The monoisotopic (exact) mass is 339 g/mol. The van der Waals surface area contributed by atoms with Gasteiger partial charge in [-0.3, -0.25) is 9.59 Å². The molecule has 1 heterocycles. The Morgan fingerprint density at radius 2 is 1.64 bits per heavy atom. The molecule has 3 aromatic rings. The minimum absolute atomic E-state index is 0.0422. The Morgan fingerprint density at radius 3 is 2.32 bits per heavy atom. The lowest BCUT2D eigenvalue weighted by Gasteiger charge is -2.20. The molecule has 0 saturated heterocycles. The minimum Gasteiger partial charge on any atom is -0.496 e. The lowest BCUT2D eigenvalue weighted by molar-refractivity contribution is -0.116. The van der Waals surface area contributed by atoms with Gasteiger partial charge in [0, 0.05) is 13.0 Å². The van der Waals surface area contributed by atoms with E-state index in [1.807, 2.05) is 0 Å². The molecule has 25 heavy (non-hydrogen) atoms. The van der Waals surface area contributed by atoms with Gasteiger partial charge in [0.05, 0.1) is 25.3 Å². The predicted molar refractivity (Wildman–Crippen MR) is 93.3 cm³/mol. The second-order valence-electron chi connectivity index (χ2n) is 5.31. The fourth-order valence-corrected chi connectivity index (χ4v) is 2.66. The molecule has 0 fully saturated rings. The molecule has 0 saturated carbocycles. The molecule has 0 bridgehead atoms. The highest BCUT2D eigenvalue weighted by atomic mass is 16.5. The fourth-order valence-electron chi connectivity index (χ4n) is 2.66. The van der Waals surface area contributed by atoms with Crippen LogP contribution < -0.4 is 14.4 Å². The highest BCUT2D eigenvalue weighted by Crippen LogP contribution is 2.32. The number of benzene rings is 2. The average molecular weight is 339 g/mol. The Bertz CT molecular complexity index is 944. The minimum atomic E-state index is -0.574. The molecule has 6 nitrogen and oxygen atoms in total. The molecular weight excluding hydrogens is 322 g/mol. The van der Waals surface area contributed by atoms with Gasteiger partial charge in [-0.2, -0.15) is 0 Å². The zero-order valence-electron chi connectivity index (χ0n) is 14.1. The van der Waals surface area contributed by atoms with Crippen molar-refractivity contribution in [1.82, 2.24) is 0 Å². The Kier molecular flexibility index (Phi) is 4.43. The second-order valence-corrected chi connectivity index (χ2v) is 5.31. The van der Waals surface area contributed by atoms with E-state index in [-0.39, 0.29) is 5.76 Å². The van der Waals surface area contributed by atoms with Crippen LogP contribution in [0.1, 0.15) is 17.5 Å². The maximum absolute atomic E-state index is 12.9. The Balaban J connectivity index is 2.09. The number of amides is 2. The fraction of sp³-hybridized carbons (Fsp3) is 0.158. The number of carbonyl (C=O) groups is 2. The topological polar surface area (TPSA) is 69.0 Å². The van der Waals surface area contributed by atoms with Crippen molar-refractivity contribution in [1.29, 1.82) is 0 Å². The molecular formula is C19H17NO5. The van der Waals surface area contributed by atoms with Crippen molar-refractivity contribution in [3.8, 4) is 11.5 Å². The quantitative estimate of drug-likeness (QED) is 0.726. The van der Waals surface area contributed by atoms with E-state index in [4.69, 9.17) is 13.9 Å². The zero-order chi connectivity index (χ0) is 18.0. The molecule has 2 aromatic carbocycles. The summed E-state index contributed by atoms with van der Waals surface area (Å²) in [5, 5.41) is 0.664. The maximum Gasteiger partial charge on any atom is 0.300 e. The number of carbonyl (C=O) groups excluding carboxylic acids is 2. The van der Waals surface area contributed by atoms with Crippen molar-refractivity contribution in [3.63, 3.8) is 0 Å². The van der Waals surface area contributed by atoms with Crippen molar-refractivity contribution in [3.05, 3.63) is 54.3 Å². The lowest BCUT2D eigenvalue weighted by Crippen LogP contribution is -2.35. The first-order chi connectivity index (χ1) is 12.1. The van der Waals surface area contributed by atoms with Gasteiger partial charge < -0.3 is 13.9 Å². The van der Waals surface area contributed by atoms with Crippen LogP contribution in [0, 0.1) is 0 Å². The molecule has 2 amide bonds. The molecule has 1 aromatic heterocycles. The Labute approximate surface area is 144 Å². The molecule has 0 aliphatic carbocycles. The number of rotatable bonds is 4. The molecule has 0 N–H and O–H groups in total. The maximum atomic E-state index is 12.9. The summed E-state index contributed by atoms with van der Waals surface area (Å²) in [5.74, 6) is 0.0319. The van der Waals surface area contributed by atoms with Crippen LogP contribution in [0.3, 0.4) is 0 Å². The number of nitrogens with zero attached hydrogens (tertiary/aromatic N) is 1. The number of anilines is 1. The van der Waals surface area contributed by atoms with Gasteiger partial charge >= 0.3 is 5.91 Å². The molecule has 0 unspecified atom stereocenters. The van der Waals surface area contributed by atoms with Gasteiger partial charge in [-0.05, 0) is 24.3 Å². The molecule has 0 aliphatic rings. The predicted octanol–water partition coefficient (Wildman–Crippen LogP) is 3.64. The van der Waals surface area contributed by atoms with Crippen LogP contribution in [-0.4, -0.2) is 26.0 Å². The van der Waals surface area contributed by atoms with Gasteiger partial charge in [0.25, 0.3) is 0 Å². The standard InChI is InChI=1S/C19H17NO5/c1-12(21)20(14-7-4-5-8-17(14)24-3)19(22)18-11-13-15(23-2)9-6-10-16(13)25-18/h4-11H,1-3H3. The van der Waals surface area contributed by atoms with Crippen LogP contribution in [0.4, 0.5) is 5.69 Å². The van der Waals surface area contributed by atoms with Crippen LogP contribution in [0.15, 0.2) is 52.9 Å². The second kappa shape index (κ2) is 6.68. The third kappa shape index (κ3) is 2.94. The highest BCUT2D eigenvalue weighted by molar-refractivity contribution is 6.21. The van der Waals surface area contributed by atoms with E-state index in [0.29, 0.717) is 28.2 Å². The van der Waals surface area contributed by atoms with Gasteiger partial charge in [-0.25, -0.2) is 4.90 Å². The van der Waals surface area contributed by atoms with Crippen LogP contribution >= 0.6 is 0 Å². The van der Waals surface area contributed by atoms with E-state index < -0.39 is 11.8 Å².